The summed E-state index contributed by atoms with van der Waals surface area (Å²) in [4.78, 5) is 0. The lowest BCUT2D eigenvalue weighted by atomic mass is 9.68. The molecule has 0 heterocycles. The fraction of sp³-hybridized carbons (Fsp3) is 0.842. The highest BCUT2D eigenvalue weighted by Crippen LogP contribution is 2.36. The van der Waals surface area contributed by atoms with Crippen molar-refractivity contribution in [2.45, 2.75) is 84.6 Å². The van der Waals surface area contributed by atoms with E-state index in [0.717, 1.165) is 17.9 Å². The van der Waals surface area contributed by atoms with Gasteiger partial charge in [-0.05, 0) is 62.6 Å². The van der Waals surface area contributed by atoms with Gasteiger partial charge in [-0.25, -0.2) is 0 Å². The van der Waals surface area contributed by atoms with Crippen LogP contribution in [0.1, 0.15) is 78.6 Å². The predicted molar refractivity (Wildman–Crippen MR) is 90.0 cm³/mol. The van der Waals surface area contributed by atoms with Gasteiger partial charge in [0.2, 0.25) is 0 Å². The number of rotatable bonds is 11. The molecule has 1 N–H and O–H groups in total. The molecule has 0 aliphatic heterocycles. The Bertz CT molecular complexity index is 288. The lowest BCUT2D eigenvalue weighted by molar-refractivity contribution is 0.122. The second-order valence-corrected chi connectivity index (χ2v) is 6.45. The van der Waals surface area contributed by atoms with Crippen molar-refractivity contribution in [1.29, 1.82) is 0 Å². The molecule has 0 radical (unpaired) electrons. The van der Waals surface area contributed by atoms with Crippen LogP contribution in [0.4, 0.5) is 0 Å². The molecule has 116 valence electrons. The summed E-state index contributed by atoms with van der Waals surface area (Å²) in [5.74, 6) is 1.73. The van der Waals surface area contributed by atoms with E-state index in [1.54, 1.807) is 0 Å². The highest BCUT2D eigenvalue weighted by atomic mass is 14.9. The molecule has 1 aliphatic rings. The van der Waals surface area contributed by atoms with E-state index < -0.39 is 0 Å². The van der Waals surface area contributed by atoms with E-state index in [0.29, 0.717) is 0 Å². The molecule has 1 rings (SSSR count). The van der Waals surface area contributed by atoms with Crippen molar-refractivity contribution < 1.29 is 0 Å². The zero-order valence-electron chi connectivity index (χ0n) is 14.0. The first kappa shape index (κ1) is 17.5. The van der Waals surface area contributed by atoms with Gasteiger partial charge in [0.1, 0.15) is 0 Å². The molecule has 1 heteroatoms. The molecular weight excluding hydrogens is 242 g/mol. The quantitative estimate of drug-likeness (QED) is 0.390. The topological polar surface area (TPSA) is 12.0 Å². The van der Waals surface area contributed by atoms with Crippen LogP contribution in [0, 0.1) is 11.8 Å². The Hall–Kier alpha value is -0.520. The Balaban J connectivity index is 2.15. The summed E-state index contributed by atoms with van der Waals surface area (Å²) >= 11 is 0. The van der Waals surface area contributed by atoms with Crippen LogP contribution in [0.5, 0.6) is 0 Å². The summed E-state index contributed by atoms with van der Waals surface area (Å²) in [6.45, 7) is 8.13. The summed E-state index contributed by atoms with van der Waals surface area (Å²) in [6.07, 6.45) is 16.3. The van der Waals surface area contributed by atoms with Gasteiger partial charge >= 0.3 is 0 Å². The van der Waals surface area contributed by atoms with Crippen molar-refractivity contribution in [1.82, 2.24) is 5.32 Å². The molecule has 0 saturated heterocycles. The van der Waals surface area contributed by atoms with Crippen LogP contribution in [0.2, 0.25) is 0 Å². The van der Waals surface area contributed by atoms with E-state index in [2.05, 4.69) is 44.0 Å². The molecule has 1 saturated carbocycles. The Morgan fingerprint density at radius 3 is 2.50 bits per heavy atom. The first-order valence-corrected chi connectivity index (χ1v) is 8.92. The number of nitrogens with one attached hydrogen (secondary N) is 1. The van der Waals surface area contributed by atoms with E-state index in [9.17, 15) is 0 Å². The molecule has 1 nitrogen and oxygen atoms in total. The van der Waals surface area contributed by atoms with Crippen molar-refractivity contribution in [3.63, 3.8) is 0 Å². The average Bonchev–Trinajstić information content (AvgIpc) is 2.45. The van der Waals surface area contributed by atoms with E-state index >= 15 is 0 Å². The molecule has 0 aromatic rings. The van der Waals surface area contributed by atoms with Gasteiger partial charge in [-0.2, -0.15) is 0 Å². The lowest BCUT2D eigenvalue weighted by Gasteiger charge is -2.43. The number of hydrogen-bond donors (Lipinski definition) is 1. The molecule has 0 spiro atoms. The van der Waals surface area contributed by atoms with E-state index in [1.807, 2.05) is 0 Å². The minimum atomic E-state index is 0.764. The maximum Gasteiger partial charge on any atom is 0.0104 e. The molecule has 0 aromatic heterocycles. The summed E-state index contributed by atoms with van der Waals surface area (Å²) in [7, 11) is 0. The number of hydrogen-bond acceptors (Lipinski definition) is 1. The fourth-order valence-corrected chi connectivity index (χ4v) is 3.11. The van der Waals surface area contributed by atoms with Crippen molar-refractivity contribution >= 4 is 0 Å². The first-order valence-electron chi connectivity index (χ1n) is 8.92. The van der Waals surface area contributed by atoms with Crippen LogP contribution < -0.4 is 5.32 Å². The zero-order valence-corrected chi connectivity index (χ0v) is 14.0. The van der Waals surface area contributed by atoms with E-state index in [1.165, 1.54) is 64.3 Å². The van der Waals surface area contributed by atoms with Gasteiger partial charge in [0.25, 0.3) is 0 Å². The smallest absolute Gasteiger partial charge is 0.0104 e. The van der Waals surface area contributed by atoms with Crippen LogP contribution >= 0.6 is 0 Å². The van der Waals surface area contributed by atoms with Gasteiger partial charge in [-0.3, -0.25) is 0 Å². The number of allylic oxidation sites excluding steroid dienone is 1. The standard InChI is InChI=1S/C19H35N/c1-4-6-8-9-10-11-12-14-18-17(3)16-19(18)20-15-13-7-5-2/h10,12,17-20H,4-9,13-16H2,1-3H3. The normalized spacial score (nSPS) is 24.9. The zero-order chi connectivity index (χ0) is 14.6. The number of unbranched alkanes of at least 4 members (excludes halogenated alkanes) is 5. The molecule has 1 fully saturated rings. The highest BCUT2D eigenvalue weighted by molar-refractivity contribution is 4.97. The maximum absolute atomic E-state index is 3.75. The summed E-state index contributed by atoms with van der Waals surface area (Å²) in [5, 5.41) is 3.75. The molecular formula is C19H35N. The maximum atomic E-state index is 3.75. The first-order chi connectivity index (χ1) is 9.79. The van der Waals surface area contributed by atoms with Crippen molar-refractivity contribution in [2.75, 3.05) is 6.54 Å². The lowest BCUT2D eigenvalue weighted by Crippen LogP contribution is -2.49. The van der Waals surface area contributed by atoms with Crippen LogP contribution in [0.3, 0.4) is 0 Å². The van der Waals surface area contributed by atoms with Gasteiger partial charge in [-0.15, -0.1) is 5.73 Å². The van der Waals surface area contributed by atoms with Crippen molar-refractivity contribution in [3.05, 3.63) is 17.9 Å². The summed E-state index contributed by atoms with van der Waals surface area (Å²) in [6, 6.07) is 0.764. The molecule has 1 aliphatic carbocycles. The average molecular weight is 277 g/mol. The van der Waals surface area contributed by atoms with Crippen molar-refractivity contribution in [2.24, 2.45) is 11.8 Å². The predicted octanol–water partition coefficient (Wildman–Crippen LogP) is 5.47. The molecule has 20 heavy (non-hydrogen) atoms. The summed E-state index contributed by atoms with van der Waals surface area (Å²) in [5.41, 5.74) is 3.38. The highest BCUT2D eigenvalue weighted by Gasteiger charge is 2.36. The largest absolute Gasteiger partial charge is 0.314 e. The van der Waals surface area contributed by atoms with Gasteiger partial charge in [0.05, 0.1) is 0 Å². The van der Waals surface area contributed by atoms with Crippen LogP contribution in [-0.2, 0) is 0 Å². The van der Waals surface area contributed by atoms with E-state index in [4.69, 9.17) is 0 Å². The Morgan fingerprint density at radius 1 is 1.05 bits per heavy atom. The molecule has 0 aromatic carbocycles. The third kappa shape index (κ3) is 6.77. The van der Waals surface area contributed by atoms with Gasteiger partial charge < -0.3 is 5.32 Å². The van der Waals surface area contributed by atoms with Crippen LogP contribution in [0.15, 0.2) is 17.9 Å². The van der Waals surface area contributed by atoms with Crippen molar-refractivity contribution in [3.8, 4) is 0 Å². The van der Waals surface area contributed by atoms with Crippen LogP contribution in [0.25, 0.3) is 0 Å². The SMILES string of the molecule is CCCCCC=C=CCC1C(C)CC1NCCCCC. The minimum absolute atomic E-state index is 0.764. The third-order valence-corrected chi connectivity index (χ3v) is 4.64. The monoisotopic (exact) mass is 277 g/mol. The fourth-order valence-electron chi connectivity index (χ4n) is 3.11. The minimum Gasteiger partial charge on any atom is -0.314 e. The molecule has 3 unspecified atom stereocenters. The Morgan fingerprint density at radius 2 is 1.80 bits per heavy atom. The van der Waals surface area contributed by atoms with Gasteiger partial charge in [0.15, 0.2) is 0 Å². The van der Waals surface area contributed by atoms with Gasteiger partial charge in [-0.1, -0.05) is 46.5 Å². The second-order valence-electron chi connectivity index (χ2n) is 6.45. The molecule has 3 atom stereocenters. The van der Waals surface area contributed by atoms with Crippen LogP contribution in [-0.4, -0.2) is 12.6 Å². The second kappa shape index (κ2) is 11.2. The van der Waals surface area contributed by atoms with Gasteiger partial charge in [0, 0.05) is 6.04 Å². The third-order valence-electron chi connectivity index (χ3n) is 4.64. The molecule has 0 amide bonds. The Kier molecular flexibility index (Phi) is 9.79. The summed E-state index contributed by atoms with van der Waals surface area (Å²) < 4.78 is 0. The Labute approximate surface area is 126 Å². The molecule has 0 bridgehead atoms. The van der Waals surface area contributed by atoms with E-state index in [-0.39, 0.29) is 0 Å².